The van der Waals surface area contributed by atoms with Gasteiger partial charge in [0.05, 0.1) is 18.4 Å². The van der Waals surface area contributed by atoms with Crippen LogP contribution in [0.5, 0.6) is 0 Å². The second kappa shape index (κ2) is 5.08. The third kappa shape index (κ3) is 3.46. The lowest BCUT2D eigenvalue weighted by molar-refractivity contribution is -0.137. The lowest BCUT2D eigenvalue weighted by Crippen LogP contribution is -2.32. The predicted octanol–water partition coefficient (Wildman–Crippen LogP) is 1.28. The molecule has 0 aromatic carbocycles. The quantitative estimate of drug-likeness (QED) is 0.855. The van der Waals surface area contributed by atoms with Crippen molar-refractivity contribution in [3.8, 4) is 0 Å². The van der Waals surface area contributed by atoms with Crippen LogP contribution in [-0.2, 0) is 9.47 Å². The lowest BCUT2D eigenvalue weighted by Gasteiger charge is -2.19. The Hall–Kier alpha value is -1.04. The number of ether oxygens (including phenoxy) is 2. The van der Waals surface area contributed by atoms with Gasteiger partial charge in [-0.05, 0) is 20.8 Å². The summed E-state index contributed by atoms with van der Waals surface area (Å²) in [5.74, 6) is -0.456. The van der Waals surface area contributed by atoms with Gasteiger partial charge >= 0.3 is 0 Å². The highest BCUT2D eigenvalue weighted by Crippen LogP contribution is 2.22. The Balaban J connectivity index is 1.79. The van der Waals surface area contributed by atoms with E-state index in [0.717, 1.165) is 12.2 Å². The van der Waals surface area contributed by atoms with Crippen LogP contribution in [0.4, 0.5) is 0 Å². The van der Waals surface area contributed by atoms with Crippen LogP contribution in [-0.4, -0.2) is 35.0 Å². The maximum Gasteiger partial charge on any atom is 0.163 e. The van der Waals surface area contributed by atoms with Crippen LogP contribution in [0.2, 0.25) is 0 Å². The van der Waals surface area contributed by atoms with Crippen molar-refractivity contribution >= 4 is 0 Å². The Bertz CT molecular complexity index is 356. The molecule has 0 bridgehead atoms. The largest absolute Gasteiger partial charge is 0.348 e. The molecule has 1 aromatic heterocycles. The van der Waals surface area contributed by atoms with Gasteiger partial charge in [-0.25, -0.2) is 0 Å². The normalized spacial score (nSPS) is 24.8. The van der Waals surface area contributed by atoms with Gasteiger partial charge in [0, 0.05) is 31.2 Å². The highest BCUT2D eigenvalue weighted by Gasteiger charge is 2.32. The zero-order chi connectivity index (χ0) is 12.3. The summed E-state index contributed by atoms with van der Waals surface area (Å²) >= 11 is 0. The van der Waals surface area contributed by atoms with Crippen molar-refractivity contribution in [2.45, 2.75) is 38.7 Å². The average Bonchev–Trinajstić information content (AvgIpc) is 2.67. The standard InChI is InChI=1S/C12H19N3O2/c1-9(11-7-13-4-5-14-11)15-6-10-8-16-12(2,3)17-10/h4-5,7,9-10,15H,6,8H2,1-3H3. The molecule has 5 nitrogen and oxygen atoms in total. The van der Waals surface area contributed by atoms with Crippen LogP contribution in [0.25, 0.3) is 0 Å². The van der Waals surface area contributed by atoms with Crippen molar-refractivity contribution in [1.82, 2.24) is 15.3 Å². The van der Waals surface area contributed by atoms with E-state index in [-0.39, 0.29) is 12.1 Å². The summed E-state index contributed by atoms with van der Waals surface area (Å²) in [5, 5.41) is 3.37. The van der Waals surface area contributed by atoms with Crippen LogP contribution in [0.3, 0.4) is 0 Å². The number of hydrogen-bond acceptors (Lipinski definition) is 5. The minimum absolute atomic E-state index is 0.101. The molecule has 1 saturated heterocycles. The van der Waals surface area contributed by atoms with Gasteiger partial charge in [-0.3, -0.25) is 9.97 Å². The van der Waals surface area contributed by atoms with Crippen molar-refractivity contribution in [2.24, 2.45) is 0 Å². The summed E-state index contributed by atoms with van der Waals surface area (Å²) in [7, 11) is 0. The molecule has 2 heterocycles. The van der Waals surface area contributed by atoms with Crippen molar-refractivity contribution in [1.29, 1.82) is 0 Å². The van der Waals surface area contributed by atoms with Gasteiger partial charge in [0.2, 0.25) is 0 Å². The van der Waals surface area contributed by atoms with Gasteiger partial charge in [-0.2, -0.15) is 0 Å². The maximum atomic E-state index is 5.71. The fraction of sp³-hybridized carbons (Fsp3) is 0.667. The van der Waals surface area contributed by atoms with Crippen LogP contribution in [0.1, 0.15) is 32.5 Å². The van der Waals surface area contributed by atoms with Crippen molar-refractivity contribution in [3.05, 3.63) is 24.3 Å². The number of nitrogens with zero attached hydrogens (tertiary/aromatic N) is 2. The maximum absolute atomic E-state index is 5.71. The van der Waals surface area contributed by atoms with Gasteiger partial charge in [-0.15, -0.1) is 0 Å². The molecule has 94 valence electrons. The first-order chi connectivity index (χ1) is 8.07. The zero-order valence-electron chi connectivity index (χ0n) is 10.5. The fourth-order valence-corrected chi connectivity index (χ4v) is 1.81. The SMILES string of the molecule is CC(NCC1COC(C)(C)O1)c1cnccn1. The Morgan fingerprint density at radius 3 is 2.94 bits per heavy atom. The smallest absolute Gasteiger partial charge is 0.163 e. The molecule has 1 N–H and O–H groups in total. The molecule has 1 fully saturated rings. The van der Waals surface area contributed by atoms with Crippen LogP contribution >= 0.6 is 0 Å². The monoisotopic (exact) mass is 237 g/mol. The molecule has 2 unspecified atom stereocenters. The van der Waals surface area contributed by atoms with Crippen LogP contribution < -0.4 is 5.32 Å². The molecule has 2 rings (SSSR count). The van der Waals surface area contributed by atoms with E-state index >= 15 is 0 Å². The van der Waals surface area contributed by atoms with E-state index in [2.05, 4.69) is 22.2 Å². The molecule has 0 spiro atoms. The Labute approximate surface area is 102 Å². The molecule has 0 saturated carbocycles. The highest BCUT2D eigenvalue weighted by molar-refractivity contribution is 5.00. The summed E-state index contributed by atoms with van der Waals surface area (Å²) < 4.78 is 11.2. The van der Waals surface area contributed by atoms with Gasteiger partial charge in [0.1, 0.15) is 0 Å². The molecule has 17 heavy (non-hydrogen) atoms. The number of hydrogen-bond donors (Lipinski definition) is 1. The summed E-state index contributed by atoms with van der Waals surface area (Å²) in [6.45, 7) is 7.30. The van der Waals surface area contributed by atoms with Gasteiger partial charge in [0.25, 0.3) is 0 Å². The van der Waals surface area contributed by atoms with E-state index < -0.39 is 5.79 Å². The second-order valence-electron chi connectivity index (χ2n) is 4.71. The molecule has 1 aliphatic heterocycles. The minimum Gasteiger partial charge on any atom is -0.348 e. The Kier molecular flexibility index (Phi) is 3.71. The molecule has 0 aliphatic carbocycles. The van der Waals surface area contributed by atoms with Gasteiger partial charge in [0.15, 0.2) is 5.79 Å². The number of nitrogens with one attached hydrogen (secondary N) is 1. The molecule has 0 radical (unpaired) electrons. The first-order valence-corrected chi connectivity index (χ1v) is 5.88. The minimum atomic E-state index is -0.456. The van der Waals surface area contributed by atoms with Crippen molar-refractivity contribution in [2.75, 3.05) is 13.2 Å². The predicted molar refractivity (Wildman–Crippen MR) is 63.4 cm³/mol. The highest BCUT2D eigenvalue weighted by atomic mass is 16.7. The summed E-state index contributed by atoms with van der Waals surface area (Å²) in [6, 6.07) is 0.163. The van der Waals surface area contributed by atoms with E-state index in [4.69, 9.17) is 9.47 Å². The Morgan fingerprint density at radius 2 is 2.35 bits per heavy atom. The van der Waals surface area contributed by atoms with Crippen molar-refractivity contribution in [3.63, 3.8) is 0 Å². The van der Waals surface area contributed by atoms with E-state index in [1.807, 2.05) is 13.8 Å². The van der Waals surface area contributed by atoms with Gasteiger partial charge in [-0.1, -0.05) is 0 Å². The Morgan fingerprint density at radius 1 is 1.53 bits per heavy atom. The van der Waals surface area contributed by atoms with E-state index in [1.54, 1.807) is 18.6 Å². The molecule has 2 atom stereocenters. The number of rotatable bonds is 4. The lowest BCUT2D eigenvalue weighted by atomic mass is 10.2. The molecule has 1 aromatic rings. The van der Waals surface area contributed by atoms with E-state index in [1.165, 1.54) is 0 Å². The second-order valence-corrected chi connectivity index (χ2v) is 4.71. The average molecular weight is 237 g/mol. The molecule has 5 heteroatoms. The number of aromatic nitrogens is 2. The van der Waals surface area contributed by atoms with Crippen LogP contribution in [0.15, 0.2) is 18.6 Å². The van der Waals surface area contributed by atoms with Crippen LogP contribution in [0, 0.1) is 0 Å². The van der Waals surface area contributed by atoms with E-state index in [0.29, 0.717) is 6.61 Å². The third-order valence-corrected chi connectivity index (χ3v) is 2.75. The molecular weight excluding hydrogens is 218 g/mol. The summed E-state index contributed by atoms with van der Waals surface area (Å²) in [5.41, 5.74) is 0.936. The zero-order valence-corrected chi connectivity index (χ0v) is 10.5. The molecule has 0 amide bonds. The summed E-state index contributed by atoms with van der Waals surface area (Å²) in [4.78, 5) is 8.31. The first-order valence-electron chi connectivity index (χ1n) is 5.88. The molecular formula is C12H19N3O2. The van der Waals surface area contributed by atoms with Gasteiger partial charge < -0.3 is 14.8 Å². The molecule has 1 aliphatic rings. The third-order valence-electron chi connectivity index (χ3n) is 2.75. The fourth-order valence-electron chi connectivity index (χ4n) is 1.81. The van der Waals surface area contributed by atoms with E-state index in [9.17, 15) is 0 Å². The first kappa shape index (κ1) is 12.4. The van der Waals surface area contributed by atoms with Crippen molar-refractivity contribution < 1.29 is 9.47 Å². The summed E-state index contributed by atoms with van der Waals surface area (Å²) in [6.07, 6.45) is 5.25. The topological polar surface area (TPSA) is 56.3 Å².